The van der Waals surface area contributed by atoms with Crippen molar-refractivity contribution in [3.8, 4) is 11.5 Å². The van der Waals surface area contributed by atoms with E-state index in [1.807, 2.05) is 30.3 Å². The maximum absolute atomic E-state index is 12.0. The van der Waals surface area contributed by atoms with Gasteiger partial charge in [-0.3, -0.25) is 9.36 Å². The fourth-order valence-corrected chi connectivity index (χ4v) is 1.92. The zero-order valence-electron chi connectivity index (χ0n) is 11.1. The molecule has 0 saturated heterocycles. The minimum Gasteiger partial charge on any atom is -0.494 e. The van der Waals surface area contributed by atoms with Gasteiger partial charge in [-0.05, 0) is 18.6 Å². The molecule has 0 aliphatic heterocycles. The van der Waals surface area contributed by atoms with E-state index in [4.69, 9.17) is 21.1 Å². The first-order valence-electron chi connectivity index (χ1n) is 6.19. The molecule has 1 aromatic heterocycles. The first-order chi connectivity index (χ1) is 9.72. The highest BCUT2D eigenvalue weighted by molar-refractivity contribution is 6.30. The van der Waals surface area contributed by atoms with Gasteiger partial charge in [0.1, 0.15) is 5.75 Å². The maximum atomic E-state index is 12.0. The van der Waals surface area contributed by atoms with Crippen LogP contribution in [-0.4, -0.2) is 23.3 Å². The van der Waals surface area contributed by atoms with Gasteiger partial charge in [-0.15, -0.1) is 0 Å². The second kappa shape index (κ2) is 6.96. The maximum Gasteiger partial charge on any atom is 0.297 e. The lowest BCUT2D eigenvalue weighted by Crippen LogP contribution is -2.23. The highest BCUT2D eigenvalue weighted by Crippen LogP contribution is 2.14. The van der Waals surface area contributed by atoms with Crippen LogP contribution >= 0.6 is 11.6 Å². The monoisotopic (exact) mass is 294 g/mol. The van der Waals surface area contributed by atoms with Crippen molar-refractivity contribution in [3.63, 3.8) is 0 Å². The van der Waals surface area contributed by atoms with E-state index in [2.05, 4.69) is 4.98 Å². The number of methoxy groups -OCH3 is 1. The van der Waals surface area contributed by atoms with E-state index in [0.717, 1.165) is 5.75 Å². The topological polar surface area (TPSA) is 53.4 Å². The van der Waals surface area contributed by atoms with Crippen molar-refractivity contribution in [2.75, 3.05) is 13.7 Å². The van der Waals surface area contributed by atoms with Crippen LogP contribution in [0.2, 0.25) is 5.15 Å². The first-order valence-corrected chi connectivity index (χ1v) is 6.57. The predicted molar refractivity (Wildman–Crippen MR) is 76.6 cm³/mol. The molecule has 0 radical (unpaired) electrons. The van der Waals surface area contributed by atoms with Crippen LogP contribution in [0.25, 0.3) is 0 Å². The number of ether oxygens (including phenoxy) is 2. The van der Waals surface area contributed by atoms with Crippen molar-refractivity contribution in [3.05, 3.63) is 52.2 Å². The number of benzene rings is 1. The summed E-state index contributed by atoms with van der Waals surface area (Å²) in [5.74, 6) is 0.879. The van der Waals surface area contributed by atoms with Gasteiger partial charge in [0.25, 0.3) is 5.56 Å². The molecule has 2 rings (SSSR count). The minimum atomic E-state index is -0.285. The molecule has 2 aromatic rings. The SMILES string of the molecule is COc1c(Cl)ncn(CCCOc2ccccc2)c1=O. The Labute approximate surface area is 121 Å². The third-order valence-electron chi connectivity index (χ3n) is 2.71. The van der Waals surface area contributed by atoms with Crippen LogP contribution < -0.4 is 15.0 Å². The Kier molecular flexibility index (Phi) is 5.01. The molecule has 20 heavy (non-hydrogen) atoms. The van der Waals surface area contributed by atoms with Crippen LogP contribution in [-0.2, 0) is 6.54 Å². The number of para-hydroxylation sites is 1. The molecule has 0 amide bonds. The lowest BCUT2D eigenvalue weighted by Gasteiger charge is -2.09. The van der Waals surface area contributed by atoms with Crippen molar-refractivity contribution in [1.82, 2.24) is 9.55 Å². The van der Waals surface area contributed by atoms with E-state index in [1.165, 1.54) is 18.0 Å². The summed E-state index contributed by atoms with van der Waals surface area (Å²) in [6.07, 6.45) is 2.09. The van der Waals surface area contributed by atoms with Crippen LogP contribution in [0.4, 0.5) is 0 Å². The normalized spacial score (nSPS) is 10.3. The van der Waals surface area contributed by atoms with Gasteiger partial charge >= 0.3 is 0 Å². The Hall–Kier alpha value is -2.01. The molecule has 0 aliphatic carbocycles. The van der Waals surface area contributed by atoms with Gasteiger partial charge in [0, 0.05) is 6.54 Å². The molecule has 0 unspecified atom stereocenters. The van der Waals surface area contributed by atoms with Crippen LogP contribution in [0, 0.1) is 0 Å². The Balaban J connectivity index is 1.90. The van der Waals surface area contributed by atoms with Gasteiger partial charge in [0.05, 0.1) is 20.0 Å². The summed E-state index contributed by atoms with van der Waals surface area (Å²) in [6.45, 7) is 1.01. The molecule has 6 heteroatoms. The van der Waals surface area contributed by atoms with E-state index in [-0.39, 0.29) is 16.5 Å². The average Bonchev–Trinajstić information content (AvgIpc) is 2.47. The number of nitrogens with zero attached hydrogens (tertiary/aromatic N) is 2. The summed E-state index contributed by atoms with van der Waals surface area (Å²) in [6, 6.07) is 9.53. The molecular weight excluding hydrogens is 280 g/mol. The Bertz CT molecular complexity index is 614. The van der Waals surface area contributed by atoms with Crippen LogP contribution in [0.5, 0.6) is 11.5 Å². The highest BCUT2D eigenvalue weighted by Gasteiger charge is 2.09. The lowest BCUT2D eigenvalue weighted by molar-refractivity contribution is 0.299. The molecule has 0 fully saturated rings. The number of rotatable bonds is 6. The molecule has 1 heterocycles. The largest absolute Gasteiger partial charge is 0.494 e. The fraction of sp³-hybridized carbons (Fsp3) is 0.286. The van der Waals surface area contributed by atoms with Crippen molar-refractivity contribution in [2.24, 2.45) is 0 Å². The van der Waals surface area contributed by atoms with Gasteiger partial charge in [-0.2, -0.15) is 0 Å². The smallest absolute Gasteiger partial charge is 0.297 e. The molecular formula is C14H15ClN2O3. The van der Waals surface area contributed by atoms with E-state index >= 15 is 0 Å². The van der Waals surface area contributed by atoms with Crippen molar-refractivity contribution in [1.29, 1.82) is 0 Å². The molecule has 1 aromatic carbocycles. The zero-order chi connectivity index (χ0) is 14.4. The summed E-state index contributed by atoms with van der Waals surface area (Å²) in [4.78, 5) is 15.9. The number of hydrogen-bond donors (Lipinski definition) is 0. The molecule has 0 aliphatic rings. The summed E-state index contributed by atoms with van der Waals surface area (Å²) in [7, 11) is 1.40. The van der Waals surface area contributed by atoms with E-state index in [1.54, 1.807) is 0 Å². The molecule has 0 N–H and O–H groups in total. The zero-order valence-corrected chi connectivity index (χ0v) is 11.8. The molecule has 0 bridgehead atoms. The number of aromatic nitrogens is 2. The number of aryl methyl sites for hydroxylation is 1. The Morgan fingerprint density at radius 2 is 2.05 bits per heavy atom. The van der Waals surface area contributed by atoms with E-state index < -0.39 is 0 Å². The predicted octanol–water partition coefficient (Wildman–Crippen LogP) is 2.37. The standard InChI is InChI=1S/C14H15ClN2O3/c1-19-12-13(15)16-10-17(14(12)18)8-5-9-20-11-6-3-2-4-7-11/h2-4,6-7,10H,5,8-9H2,1H3. The summed E-state index contributed by atoms with van der Waals surface area (Å²) in [5.41, 5.74) is -0.285. The highest BCUT2D eigenvalue weighted by atomic mass is 35.5. The minimum absolute atomic E-state index is 0.0677. The average molecular weight is 295 g/mol. The van der Waals surface area contributed by atoms with Crippen molar-refractivity contribution < 1.29 is 9.47 Å². The second-order valence-corrected chi connectivity index (χ2v) is 4.44. The van der Waals surface area contributed by atoms with Gasteiger partial charge in [-0.25, -0.2) is 4.98 Å². The third-order valence-corrected chi connectivity index (χ3v) is 2.98. The van der Waals surface area contributed by atoms with Gasteiger partial charge < -0.3 is 9.47 Å². The Morgan fingerprint density at radius 1 is 1.30 bits per heavy atom. The first kappa shape index (κ1) is 14.4. The Morgan fingerprint density at radius 3 is 2.75 bits per heavy atom. The van der Waals surface area contributed by atoms with Gasteiger partial charge in [-0.1, -0.05) is 29.8 Å². The molecule has 0 saturated carbocycles. The van der Waals surface area contributed by atoms with Gasteiger partial charge in [0.15, 0.2) is 5.15 Å². The van der Waals surface area contributed by atoms with Crippen LogP contribution in [0.3, 0.4) is 0 Å². The van der Waals surface area contributed by atoms with Crippen LogP contribution in [0.15, 0.2) is 41.5 Å². The quantitative estimate of drug-likeness (QED) is 0.606. The van der Waals surface area contributed by atoms with Gasteiger partial charge in [0.2, 0.25) is 5.75 Å². The lowest BCUT2D eigenvalue weighted by atomic mass is 10.3. The molecule has 0 atom stereocenters. The number of hydrogen-bond acceptors (Lipinski definition) is 4. The van der Waals surface area contributed by atoms with Crippen LogP contribution in [0.1, 0.15) is 6.42 Å². The van der Waals surface area contributed by atoms with Crippen molar-refractivity contribution in [2.45, 2.75) is 13.0 Å². The summed E-state index contributed by atoms with van der Waals surface area (Å²) in [5, 5.41) is 0.0780. The third kappa shape index (κ3) is 3.51. The molecule has 5 nitrogen and oxygen atoms in total. The summed E-state index contributed by atoms with van der Waals surface area (Å²) >= 11 is 5.77. The van der Waals surface area contributed by atoms with E-state index in [0.29, 0.717) is 19.6 Å². The molecule has 0 spiro atoms. The van der Waals surface area contributed by atoms with E-state index in [9.17, 15) is 4.79 Å². The molecule has 106 valence electrons. The number of halogens is 1. The fourth-order valence-electron chi connectivity index (χ4n) is 1.72. The summed E-state index contributed by atoms with van der Waals surface area (Å²) < 4.78 is 11.9. The second-order valence-electron chi connectivity index (χ2n) is 4.08. The van der Waals surface area contributed by atoms with Crippen molar-refractivity contribution >= 4 is 11.6 Å².